The summed E-state index contributed by atoms with van der Waals surface area (Å²) in [6.07, 6.45) is 15.5. The van der Waals surface area contributed by atoms with Crippen LogP contribution in [0.15, 0.2) is 65.6 Å². The quantitative estimate of drug-likeness (QED) is 0.118. The summed E-state index contributed by atoms with van der Waals surface area (Å²) < 4.78 is 28.6. The molecule has 4 aromatic carbocycles. The van der Waals surface area contributed by atoms with E-state index in [9.17, 15) is 8.42 Å². The van der Waals surface area contributed by atoms with E-state index in [4.69, 9.17) is 0 Å². The number of hydrogen-bond donors (Lipinski definition) is 0. The van der Waals surface area contributed by atoms with Crippen LogP contribution in [0.5, 0.6) is 0 Å². The average Bonchev–Trinajstić information content (AvgIpc) is 3.28. The molecule has 0 saturated heterocycles. The van der Waals surface area contributed by atoms with Gasteiger partial charge in [0.05, 0.1) is 21.7 Å². The minimum absolute atomic E-state index is 0.230. The maximum Gasteiger partial charge on any atom is 0.178 e. The lowest BCUT2D eigenvalue weighted by molar-refractivity contribution is 0.583. The number of sulfone groups is 1. The number of unbranched alkanes of at least 4 members (excludes halogenated alkanes) is 10. The number of hydrogen-bond acceptors (Lipinski definition) is 2. The molecule has 0 fully saturated rings. The number of rotatable bonds is 15. The fourth-order valence-electron chi connectivity index (χ4n) is 6.57. The molecule has 0 saturated carbocycles. The van der Waals surface area contributed by atoms with Crippen LogP contribution < -0.4 is 0 Å². The summed E-state index contributed by atoms with van der Waals surface area (Å²) in [6.45, 7) is 4.47. The van der Waals surface area contributed by atoms with Crippen LogP contribution in [-0.2, 0) is 23.3 Å². The molecule has 0 N–H and O–H groups in total. The summed E-state index contributed by atoms with van der Waals surface area (Å²) in [4.78, 5) is 0.444. The van der Waals surface area contributed by atoms with Crippen molar-refractivity contribution in [3.05, 3.63) is 66.2 Å². The summed E-state index contributed by atoms with van der Waals surface area (Å²) in [7, 11) is -1.14. The Hall–Kier alpha value is -2.85. The molecular weight excluding hydrogens is 522 g/mol. The smallest absolute Gasteiger partial charge is 0.178 e. The zero-order valence-corrected chi connectivity index (χ0v) is 26.2. The van der Waals surface area contributed by atoms with E-state index in [2.05, 4.69) is 67.9 Å². The van der Waals surface area contributed by atoms with Crippen LogP contribution in [0.4, 0.5) is 0 Å². The fraction of sp³-hybridized carbons (Fsp3) is 0.459. The van der Waals surface area contributed by atoms with Gasteiger partial charge < -0.3 is 4.57 Å². The lowest BCUT2D eigenvalue weighted by atomic mass is 9.99. The van der Waals surface area contributed by atoms with Gasteiger partial charge in [-0.05, 0) is 47.7 Å². The fourth-order valence-corrected chi connectivity index (χ4v) is 7.97. The third-order valence-corrected chi connectivity index (χ3v) is 10.7. The Bertz CT molecular complexity index is 1750. The van der Waals surface area contributed by atoms with E-state index in [0.717, 1.165) is 36.5 Å². The van der Waals surface area contributed by atoms with E-state index in [1.165, 1.54) is 95.9 Å². The van der Waals surface area contributed by atoms with Gasteiger partial charge in [-0.2, -0.15) is 0 Å². The Labute approximate surface area is 246 Å². The van der Waals surface area contributed by atoms with Gasteiger partial charge in [0, 0.05) is 28.6 Å². The molecule has 0 bridgehead atoms. The zero-order chi connectivity index (χ0) is 28.8. The summed E-state index contributed by atoms with van der Waals surface area (Å²) in [5.41, 5.74) is 3.84. The molecule has 1 aromatic heterocycles. The van der Waals surface area contributed by atoms with Crippen LogP contribution >= 0.6 is 0 Å². The van der Waals surface area contributed by atoms with E-state index in [-0.39, 0.29) is 5.75 Å². The second-order valence-electron chi connectivity index (χ2n) is 12.0. The maximum atomic E-state index is 13.1. The Kier molecular flexibility index (Phi) is 9.70. The first-order valence-electron chi connectivity index (χ1n) is 16.0. The molecule has 41 heavy (non-hydrogen) atoms. The van der Waals surface area contributed by atoms with E-state index in [0.29, 0.717) is 4.90 Å². The molecule has 0 radical (unpaired) electrons. The minimum atomic E-state index is -3.29. The predicted octanol–water partition coefficient (Wildman–Crippen LogP) is 10.7. The second kappa shape index (κ2) is 13.4. The molecule has 1 heterocycles. The molecule has 0 spiro atoms. The Morgan fingerprint density at radius 2 is 1.07 bits per heavy atom. The molecule has 5 aromatic rings. The topological polar surface area (TPSA) is 39.1 Å². The predicted molar refractivity (Wildman–Crippen MR) is 178 cm³/mol. The lowest BCUT2D eigenvalue weighted by Gasteiger charge is -2.09. The normalized spacial score (nSPS) is 12.4. The van der Waals surface area contributed by atoms with Crippen molar-refractivity contribution < 1.29 is 8.42 Å². The molecule has 0 aliphatic heterocycles. The van der Waals surface area contributed by atoms with Crippen molar-refractivity contribution in [3.63, 3.8) is 0 Å². The maximum absolute atomic E-state index is 13.1. The molecule has 0 unspecified atom stereocenters. The highest BCUT2D eigenvalue weighted by atomic mass is 32.2. The molecule has 218 valence electrons. The van der Waals surface area contributed by atoms with E-state index < -0.39 is 9.84 Å². The summed E-state index contributed by atoms with van der Waals surface area (Å²) in [5, 5.41) is 7.13. The Morgan fingerprint density at radius 1 is 0.561 bits per heavy atom. The van der Waals surface area contributed by atoms with Gasteiger partial charge >= 0.3 is 0 Å². The first kappa shape index (κ1) is 29.6. The van der Waals surface area contributed by atoms with E-state index >= 15 is 0 Å². The molecule has 0 aliphatic carbocycles. The van der Waals surface area contributed by atoms with E-state index in [1.54, 1.807) is 0 Å². The van der Waals surface area contributed by atoms with E-state index in [1.807, 2.05) is 18.2 Å². The first-order valence-corrected chi connectivity index (χ1v) is 17.7. The van der Waals surface area contributed by atoms with Crippen LogP contribution in [0, 0.1) is 0 Å². The molecule has 0 aliphatic rings. The molecule has 0 atom stereocenters. The molecule has 0 amide bonds. The summed E-state index contributed by atoms with van der Waals surface area (Å²) in [6, 6.07) is 21.5. The highest BCUT2D eigenvalue weighted by molar-refractivity contribution is 7.91. The van der Waals surface area contributed by atoms with Crippen molar-refractivity contribution in [1.29, 1.82) is 0 Å². The zero-order valence-electron chi connectivity index (χ0n) is 25.3. The SMILES string of the molecule is CCCCCCCCc1ccc2c(ccc3c4ccc5cc(S(=O)(=O)CCCCCCCC)ccc5c4n(C)c23)c1. The van der Waals surface area contributed by atoms with Gasteiger partial charge in [0.1, 0.15) is 0 Å². The van der Waals surface area contributed by atoms with Crippen molar-refractivity contribution in [1.82, 2.24) is 4.57 Å². The van der Waals surface area contributed by atoms with Gasteiger partial charge in [-0.3, -0.25) is 0 Å². The van der Waals surface area contributed by atoms with Gasteiger partial charge in [-0.1, -0.05) is 127 Å². The van der Waals surface area contributed by atoms with Crippen molar-refractivity contribution in [2.45, 2.75) is 102 Å². The Balaban J connectivity index is 1.41. The van der Waals surface area contributed by atoms with Crippen LogP contribution in [0.25, 0.3) is 43.4 Å². The third kappa shape index (κ3) is 6.48. The number of fused-ring (bicyclic) bond motifs is 7. The van der Waals surface area contributed by atoms with Gasteiger partial charge in [0.25, 0.3) is 0 Å². The highest BCUT2D eigenvalue weighted by Gasteiger charge is 2.18. The number of aryl methyl sites for hydroxylation is 2. The number of benzene rings is 4. The van der Waals surface area contributed by atoms with Crippen molar-refractivity contribution in [2.24, 2.45) is 7.05 Å². The van der Waals surface area contributed by atoms with Gasteiger partial charge in [-0.15, -0.1) is 0 Å². The monoisotopic (exact) mass is 569 g/mol. The van der Waals surface area contributed by atoms with Crippen molar-refractivity contribution >= 4 is 53.2 Å². The largest absolute Gasteiger partial charge is 0.343 e. The third-order valence-electron chi connectivity index (χ3n) is 8.92. The molecular formula is C37H47NO2S. The van der Waals surface area contributed by atoms with Crippen LogP contribution in [0.1, 0.15) is 96.5 Å². The van der Waals surface area contributed by atoms with Gasteiger partial charge in [0.15, 0.2) is 9.84 Å². The van der Waals surface area contributed by atoms with Crippen molar-refractivity contribution in [2.75, 3.05) is 5.75 Å². The van der Waals surface area contributed by atoms with Gasteiger partial charge in [-0.25, -0.2) is 8.42 Å². The molecule has 4 heteroatoms. The summed E-state index contributed by atoms with van der Waals surface area (Å²) in [5.74, 6) is 0.230. The van der Waals surface area contributed by atoms with Gasteiger partial charge in [0.2, 0.25) is 0 Å². The van der Waals surface area contributed by atoms with Crippen molar-refractivity contribution in [3.8, 4) is 0 Å². The molecule has 5 rings (SSSR count). The lowest BCUT2D eigenvalue weighted by Crippen LogP contribution is -2.07. The standard InChI is InChI=1S/C37H47NO2S/c1-4-6-8-10-12-14-16-28-17-21-32-29(26-28)18-22-34-35-23-19-30-27-31(20-24-33(30)37(35)38(3)36(32)34)41(39,40)25-15-13-11-9-7-5-2/h17-24,26-27H,4-16,25H2,1-3H3. The van der Waals surface area contributed by atoms with Crippen LogP contribution in [-0.4, -0.2) is 18.7 Å². The first-order chi connectivity index (χ1) is 19.9. The molecule has 3 nitrogen and oxygen atoms in total. The Morgan fingerprint density at radius 3 is 1.71 bits per heavy atom. The van der Waals surface area contributed by atoms with Crippen LogP contribution in [0.3, 0.4) is 0 Å². The number of nitrogens with zero attached hydrogens (tertiary/aromatic N) is 1. The second-order valence-corrected chi connectivity index (χ2v) is 14.1. The highest BCUT2D eigenvalue weighted by Crippen LogP contribution is 2.38. The average molecular weight is 570 g/mol. The minimum Gasteiger partial charge on any atom is -0.343 e. The summed E-state index contributed by atoms with van der Waals surface area (Å²) >= 11 is 0. The number of aromatic nitrogens is 1. The van der Waals surface area contributed by atoms with Crippen LogP contribution in [0.2, 0.25) is 0 Å².